The number of benzene rings is 1. The number of piperidine rings is 1. The summed E-state index contributed by atoms with van der Waals surface area (Å²) in [6.07, 6.45) is 0.835. The van der Waals surface area contributed by atoms with Gasteiger partial charge in [-0.2, -0.15) is 9.69 Å². The highest BCUT2D eigenvalue weighted by Gasteiger charge is 2.31. The number of carbonyl (C=O) groups excluding carboxylic acids is 2. The zero-order valence-electron chi connectivity index (χ0n) is 11.1. The quantitative estimate of drug-likeness (QED) is 0.726. The van der Waals surface area contributed by atoms with Crippen LogP contribution in [0.15, 0.2) is 21.4 Å². The fourth-order valence-corrected chi connectivity index (χ4v) is 3.23. The third-order valence-electron chi connectivity index (χ3n) is 3.49. The van der Waals surface area contributed by atoms with Gasteiger partial charge in [-0.3, -0.25) is 14.2 Å². The number of aryl methyl sites for hydroxylation is 1. The second-order valence-electron chi connectivity index (χ2n) is 4.86. The molecule has 1 aromatic heterocycles. The van der Waals surface area contributed by atoms with Gasteiger partial charge in [-0.15, -0.1) is 0 Å². The van der Waals surface area contributed by atoms with E-state index in [0.717, 1.165) is 15.8 Å². The maximum absolute atomic E-state index is 13.6. The Hall–Kier alpha value is -1.96. The minimum absolute atomic E-state index is 0.179. The molecule has 0 unspecified atom stereocenters. The summed E-state index contributed by atoms with van der Waals surface area (Å²) >= 11 is 3.20. The van der Waals surface area contributed by atoms with E-state index in [1.54, 1.807) is 0 Å². The summed E-state index contributed by atoms with van der Waals surface area (Å²) in [7, 11) is 1.50. The van der Waals surface area contributed by atoms with Crippen molar-refractivity contribution >= 4 is 38.8 Å². The molecule has 8 heteroatoms. The molecule has 6 nitrogen and oxygen atoms in total. The first-order chi connectivity index (χ1) is 9.91. The Bertz CT molecular complexity index is 823. The molecule has 0 radical (unpaired) electrons. The van der Waals surface area contributed by atoms with E-state index in [2.05, 4.69) is 15.9 Å². The SMILES string of the molecule is Cn1c(=O)n(N2C(=O)CCCC2=O)c2cc(F)cc(Br)c21. The Labute approximate surface area is 126 Å². The van der Waals surface area contributed by atoms with Crippen LogP contribution in [0, 0.1) is 5.82 Å². The molecular formula is C13H11BrFN3O3. The molecule has 2 heterocycles. The molecule has 1 aromatic carbocycles. The Morgan fingerprint density at radius 1 is 1.14 bits per heavy atom. The number of aromatic nitrogens is 2. The smallest absolute Gasteiger partial charge is 0.292 e. The fourth-order valence-electron chi connectivity index (χ4n) is 2.54. The molecular weight excluding hydrogens is 345 g/mol. The van der Waals surface area contributed by atoms with Gasteiger partial charge in [0.05, 0.1) is 11.0 Å². The molecule has 0 saturated carbocycles. The first-order valence-electron chi connectivity index (χ1n) is 6.34. The molecule has 21 heavy (non-hydrogen) atoms. The van der Waals surface area contributed by atoms with E-state index in [1.165, 1.54) is 17.7 Å². The topological polar surface area (TPSA) is 64.3 Å². The van der Waals surface area contributed by atoms with Crippen LogP contribution >= 0.6 is 15.9 Å². The summed E-state index contributed by atoms with van der Waals surface area (Å²) in [6.45, 7) is 0. The van der Waals surface area contributed by atoms with Gasteiger partial charge in [0.2, 0.25) is 11.8 Å². The van der Waals surface area contributed by atoms with Crippen molar-refractivity contribution < 1.29 is 14.0 Å². The van der Waals surface area contributed by atoms with Crippen molar-refractivity contribution in [1.82, 2.24) is 9.24 Å². The number of imide groups is 1. The maximum atomic E-state index is 13.6. The number of fused-ring (bicyclic) bond motifs is 1. The van der Waals surface area contributed by atoms with Gasteiger partial charge in [-0.05, 0) is 28.4 Å². The van der Waals surface area contributed by atoms with Gasteiger partial charge in [0.15, 0.2) is 0 Å². The summed E-state index contributed by atoms with van der Waals surface area (Å²) in [5.74, 6) is -1.48. The van der Waals surface area contributed by atoms with Crippen LogP contribution in [0.4, 0.5) is 4.39 Å². The second-order valence-corrected chi connectivity index (χ2v) is 5.72. The molecule has 2 amide bonds. The molecule has 0 aliphatic carbocycles. The number of amides is 2. The van der Waals surface area contributed by atoms with Gasteiger partial charge in [-0.25, -0.2) is 9.18 Å². The van der Waals surface area contributed by atoms with Crippen molar-refractivity contribution in [2.75, 3.05) is 5.01 Å². The second kappa shape index (κ2) is 4.80. The molecule has 1 aliphatic rings. The number of halogens is 2. The predicted octanol–water partition coefficient (Wildman–Crippen LogP) is 1.42. The number of hydrogen-bond acceptors (Lipinski definition) is 3. The lowest BCUT2D eigenvalue weighted by Crippen LogP contribution is -2.52. The molecule has 1 aliphatic heterocycles. The number of carbonyl (C=O) groups is 2. The lowest BCUT2D eigenvalue weighted by atomic mass is 10.1. The Kier molecular flexibility index (Phi) is 3.20. The lowest BCUT2D eigenvalue weighted by molar-refractivity contribution is -0.131. The zero-order chi connectivity index (χ0) is 15.3. The van der Waals surface area contributed by atoms with E-state index >= 15 is 0 Å². The molecule has 1 fully saturated rings. The number of imidazole rings is 1. The van der Waals surface area contributed by atoms with Gasteiger partial charge in [0.1, 0.15) is 5.82 Å². The van der Waals surface area contributed by atoms with Crippen molar-refractivity contribution in [2.24, 2.45) is 7.05 Å². The third kappa shape index (κ3) is 2.01. The molecule has 1 saturated heterocycles. The van der Waals surface area contributed by atoms with E-state index in [-0.39, 0.29) is 18.4 Å². The van der Waals surface area contributed by atoms with E-state index in [9.17, 15) is 18.8 Å². The molecule has 0 bridgehead atoms. The number of rotatable bonds is 1. The highest BCUT2D eigenvalue weighted by atomic mass is 79.9. The summed E-state index contributed by atoms with van der Waals surface area (Å²) in [5, 5.41) is 0.819. The molecule has 0 spiro atoms. The van der Waals surface area contributed by atoms with Crippen LogP contribution in [-0.2, 0) is 16.6 Å². The normalized spacial score (nSPS) is 16.0. The minimum Gasteiger partial charge on any atom is -0.292 e. The van der Waals surface area contributed by atoms with Crippen molar-refractivity contribution in [2.45, 2.75) is 19.3 Å². The minimum atomic E-state index is -0.570. The Morgan fingerprint density at radius 2 is 1.76 bits per heavy atom. The molecule has 110 valence electrons. The van der Waals surface area contributed by atoms with Crippen LogP contribution in [0.1, 0.15) is 19.3 Å². The average Bonchev–Trinajstić information content (AvgIpc) is 2.63. The van der Waals surface area contributed by atoms with E-state index in [1.807, 2.05) is 0 Å². The number of nitrogens with zero attached hydrogens (tertiary/aromatic N) is 3. The Morgan fingerprint density at radius 3 is 2.38 bits per heavy atom. The zero-order valence-corrected chi connectivity index (χ0v) is 12.7. The fraction of sp³-hybridized carbons (Fsp3) is 0.308. The third-order valence-corrected chi connectivity index (χ3v) is 4.10. The van der Waals surface area contributed by atoms with Gasteiger partial charge in [0.25, 0.3) is 0 Å². The van der Waals surface area contributed by atoms with Crippen LogP contribution in [0.3, 0.4) is 0 Å². The first kappa shape index (κ1) is 14.0. The van der Waals surface area contributed by atoms with Crippen LogP contribution in [-0.4, -0.2) is 21.1 Å². The van der Waals surface area contributed by atoms with E-state index in [0.29, 0.717) is 16.4 Å². The number of hydrogen-bond donors (Lipinski definition) is 0. The maximum Gasteiger partial charge on any atom is 0.348 e. The highest BCUT2D eigenvalue weighted by Crippen LogP contribution is 2.25. The molecule has 0 atom stereocenters. The average molecular weight is 356 g/mol. The summed E-state index contributed by atoms with van der Waals surface area (Å²) in [4.78, 5) is 36.4. The summed E-state index contributed by atoms with van der Waals surface area (Å²) < 4.78 is 16.2. The standard InChI is InChI=1S/C13H11BrFN3O3/c1-16-12-8(14)5-7(15)6-9(12)17(13(16)21)18-10(19)3-2-4-11(18)20/h5-6H,2-4H2,1H3. The van der Waals surface area contributed by atoms with E-state index < -0.39 is 23.3 Å². The summed E-state index contributed by atoms with van der Waals surface area (Å²) in [5.41, 5.74) is 0.0328. The van der Waals surface area contributed by atoms with Gasteiger partial charge in [0, 0.05) is 30.4 Å². The first-order valence-corrected chi connectivity index (χ1v) is 7.13. The van der Waals surface area contributed by atoms with Crippen molar-refractivity contribution in [1.29, 1.82) is 0 Å². The van der Waals surface area contributed by atoms with Crippen LogP contribution in [0.2, 0.25) is 0 Å². The highest BCUT2D eigenvalue weighted by molar-refractivity contribution is 9.10. The molecule has 2 aromatic rings. The van der Waals surface area contributed by atoms with Crippen molar-refractivity contribution in [3.63, 3.8) is 0 Å². The molecule has 3 rings (SSSR count). The largest absolute Gasteiger partial charge is 0.348 e. The monoisotopic (exact) mass is 355 g/mol. The summed E-state index contributed by atoms with van der Waals surface area (Å²) in [6, 6.07) is 2.36. The van der Waals surface area contributed by atoms with Crippen LogP contribution in [0.5, 0.6) is 0 Å². The predicted molar refractivity (Wildman–Crippen MR) is 76.9 cm³/mol. The van der Waals surface area contributed by atoms with Crippen LogP contribution in [0.25, 0.3) is 11.0 Å². The Balaban J connectivity index is 2.37. The van der Waals surface area contributed by atoms with E-state index in [4.69, 9.17) is 0 Å². The van der Waals surface area contributed by atoms with Gasteiger partial charge < -0.3 is 0 Å². The van der Waals surface area contributed by atoms with Gasteiger partial charge >= 0.3 is 5.69 Å². The van der Waals surface area contributed by atoms with Gasteiger partial charge in [-0.1, -0.05) is 0 Å². The molecule has 0 N–H and O–H groups in total. The van der Waals surface area contributed by atoms with Crippen molar-refractivity contribution in [3.8, 4) is 0 Å². The van der Waals surface area contributed by atoms with Crippen LogP contribution < -0.4 is 10.7 Å². The van der Waals surface area contributed by atoms with Crippen molar-refractivity contribution in [3.05, 3.63) is 32.9 Å². The lowest BCUT2D eigenvalue weighted by Gasteiger charge is -2.25.